The first-order valence-corrected chi connectivity index (χ1v) is 6.78. The van der Waals surface area contributed by atoms with Crippen LogP contribution in [0.3, 0.4) is 0 Å². The van der Waals surface area contributed by atoms with Gasteiger partial charge in [-0.25, -0.2) is 9.69 Å². The Bertz CT molecular complexity index is 689. The summed E-state index contributed by atoms with van der Waals surface area (Å²) in [6.07, 6.45) is 1.18. The number of rotatable bonds is 2. The molecule has 0 bridgehead atoms. The molecule has 1 aliphatic rings. The first kappa shape index (κ1) is 16.6. The molecule has 122 valence electrons. The van der Waals surface area contributed by atoms with Crippen LogP contribution in [0.15, 0.2) is 36.4 Å². The van der Waals surface area contributed by atoms with E-state index in [0.29, 0.717) is 4.90 Å². The lowest BCUT2D eigenvalue weighted by Gasteiger charge is -2.33. The summed E-state index contributed by atoms with van der Waals surface area (Å²) in [5.41, 5.74) is -2.93. The number of carbonyl (C=O) groups is 2. The summed E-state index contributed by atoms with van der Waals surface area (Å²) in [6.45, 7) is 4.89. The quantitative estimate of drug-likeness (QED) is 0.660. The zero-order valence-electron chi connectivity index (χ0n) is 12.8. The van der Waals surface area contributed by atoms with E-state index in [9.17, 15) is 24.8 Å². The minimum atomic E-state index is -2.05. The Hall–Kier alpha value is -2.74. The van der Waals surface area contributed by atoms with E-state index in [4.69, 9.17) is 4.74 Å². The van der Waals surface area contributed by atoms with Crippen molar-refractivity contribution >= 4 is 17.7 Å². The highest BCUT2D eigenvalue weighted by molar-refractivity contribution is 6.02. The van der Waals surface area contributed by atoms with Gasteiger partial charge in [-0.2, -0.15) is 0 Å². The van der Waals surface area contributed by atoms with Crippen LogP contribution in [0, 0.1) is 10.1 Å². The number of ether oxygens (including phenoxy) is 1. The van der Waals surface area contributed by atoms with Crippen molar-refractivity contribution in [2.45, 2.75) is 32.1 Å². The summed E-state index contributed by atoms with van der Waals surface area (Å²) < 4.78 is 5.13. The van der Waals surface area contributed by atoms with E-state index in [1.165, 1.54) is 24.3 Å². The molecule has 23 heavy (non-hydrogen) atoms. The number of nitro benzene ring substituents is 1. The third-order valence-corrected chi connectivity index (χ3v) is 3.10. The van der Waals surface area contributed by atoms with Crippen LogP contribution in [0.5, 0.6) is 0 Å². The Morgan fingerprint density at radius 2 is 1.87 bits per heavy atom. The second-order valence-corrected chi connectivity index (χ2v) is 6.02. The number of benzene rings is 1. The van der Waals surface area contributed by atoms with Crippen molar-refractivity contribution in [2.24, 2.45) is 0 Å². The molecule has 1 unspecified atom stereocenters. The summed E-state index contributed by atoms with van der Waals surface area (Å²) in [6, 6.07) is 4.91. The fourth-order valence-corrected chi connectivity index (χ4v) is 2.10. The van der Waals surface area contributed by atoms with E-state index in [2.05, 4.69) is 0 Å². The van der Waals surface area contributed by atoms with Gasteiger partial charge in [0.05, 0.1) is 4.92 Å². The van der Waals surface area contributed by atoms with Crippen LogP contribution in [-0.2, 0) is 15.3 Å². The number of carbonyl (C=O) groups excluding carboxylic acids is 2. The lowest BCUT2D eigenvalue weighted by Crippen LogP contribution is -2.49. The van der Waals surface area contributed by atoms with Gasteiger partial charge in [-0.05, 0) is 39.0 Å². The Morgan fingerprint density at radius 3 is 2.35 bits per heavy atom. The van der Waals surface area contributed by atoms with Crippen LogP contribution in [-0.4, -0.2) is 32.5 Å². The van der Waals surface area contributed by atoms with Crippen molar-refractivity contribution in [1.82, 2.24) is 4.90 Å². The molecular formula is C15H16N2O6. The standard InChI is InChI=1S/C15H16N2O6/c1-14(2,3)23-13(19)16-12(18)8-9-15(16,20)10-4-6-11(7-5-10)17(21)22/h4-9,20H,1-3H3. The van der Waals surface area contributed by atoms with Crippen molar-refractivity contribution in [3.05, 3.63) is 52.1 Å². The van der Waals surface area contributed by atoms with E-state index >= 15 is 0 Å². The number of nitrogens with zero attached hydrogens (tertiary/aromatic N) is 2. The maximum atomic E-state index is 12.2. The summed E-state index contributed by atoms with van der Waals surface area (Å²) in [7, 11) is 0. The average Bonchev–Trinajstić information content (AvgIpc) is 2.74. The van der Waals surface area contributed by atoms with E-state index in [-0.39, 0.29) is 11.3 Å². The molecule has 2 rings (SSSR count). The molecule has 0 aliphatic carbocycles. The molecule has 1 aromatic rings. The molecule has 2 amide bonds. The Labute approximate surface area is 132 Å². The van der Waals surface area contributed by atoms with Gasteiger partial charge in [-0.3, -0.25) is 14.9 Å². The predicted octanol–water partition coefficient (Wildman–Crippen LogP) is 2.07. The minimum absolute atomic E-state index is 0.135. The normalized spacial score (nSPS) is 20.7. The lowest BCUT2D eigenvalue weighted by molar-refractivity contribution is -0.384. The smallest absolute Gasteiger partial charge is 0.420 e. The van der Waals surface area contributed by atoms with Crippen molar-refractivity contribution in [3.8, 4) is 0 Å². The second-order valence-electron chi connectivity index (χ2n) is 6.02. The van der Waals surface area contributed by atoms with Crippen LogP contribution < -0.4 is 0 Å². The molecule has 8 nitrogen and oxygen atoms in total. The maximum absolute atomic E-state index is 12.2. The SMILES string of the molecule is CC(C)(C)OC(=O)N1C(=O)C=CC1(O)c1ccc([N+](=O)[O-])cc1. The molecule has 0 saturated carbocycles. The zero-order chi connectivity index (χ0) is 17.4. The van der Waals surface area contributed by atoms with Crippen molar-refractivity contribution in [3.63, 3.8) is 0 Å². The first-order valence-electron chi connectivity index (χ1n) is 6.78. The highest BCUT2D eigenvalue weighted by Crippen LogP contribution is 2.34. The maximum Gasteiger partial charge on any atom is 0.420 e. The van der Waals surface area contributed by atoms with Crippen molar-refractivity contribution in [2.75, 3.05) is 0 Å². The molecular weight excluding hydrogens is 304 g/mol. The van der Waals surface area contributed by atoms with Gasteiger partial charge in [0.25, 0.3) is 11.6 Å². The molecule has 0 spiro atoms. The molecule has 1 heterocycles. The average molecular weight is 320 g/mol. The van der Waals surface area contributed by atoms with Gasteiger partial charge in [-0.1, -0.05) is 0 Å². The van der Waals surface area contributed by atoms with Crippen LogP contribution in [0.4, 0.5) is 10.5 Å². The van der Waals surface area contributed by atoms with Gasteiger partial charge < -0.3 is 9.84 Å². The van der Waals surface area contributed by atoms with E-state index < -0.39 is 28.2 Å². The van der Waals surface area contributed by atoms with Gasteiger partial charge in [-0.15, -0.1) is 0 Å². The monoisotopic (exact) mass is 320 g/mol. The topological polar surface area (TPSA) is 110 Å². The number of aliphatic hydroxyl groups is 1. The highest BCUT2D eigenvalue weighted by Gasteiger charge is 2.47. The molecule has 1 atom stereocenters. The van der Waals surface area contributed by atoms with Crippen molar-refractivity contribution in [1.29, 1.82) is 0 Å². The number of hydrogen-bond acceptors (Lipinski definition) is 6. The number of non-ortho nitro benzene ring substituents is 1. The Morgan fingerprint density at radius 1 is 1.30 bits per heavy atom. The second kappa shape index (κ2) is 5.47. The van der Waals surface area contributed by atoms with Crippen LogP contribution in [0.2, 0.25) is 0 Å². The summed E-state index contributed by atoms with van der Waals surface area (Å²) in [5, 5.41) is 21.4. The molecule has 0 fully saturated rings. The largest absolute Gasteiger partial charge is 0.443 e. The zero-order valence-corrected chi connectivity index (χ0v) is 12.8. The summed E-state index contributed by atoms with van der Waals surface area (Å²) in [5.74, 6) is -0.736. The van der Waals surface area contributed by atoms with Crippen LogP contribution >= 0.6 is 0 Å². The molecule has 1 aliphatic heterocycles. The minimum Gasteiger partial charge on any atom is -0.443 e. The Kier molecular flexibility index (Phi) is 3.96. The van der Waals surface area contributed by atoms with Gasteiger partial charge >= 0.3 is 6.09 Å². The number of hydrogen-bond donors (Lipinski definition) is 1. The number of nitro groups is 1. The van der Waals surface area contributed by atoms with Gasteiger partial charge in [0, 0.05) is 23.8 Å². The third kappa shape index (κ3) is 3.21. The third-order valence-electron chi connectivity index (χ3n) is 3.10. The Balaban J connectivity index is 2.37. The fraction of sp³-hybridized carbons (Fsp3) is 0.333. The highest BCUT2D eigenvalue weighted by atomic mass is 16.6. The first-order chi connectivity index (χ1) is 10.5. The number of amides is 2. The van der Waals surface area contributed by atoms with Gasteiger partial charge in [0.1, 0.15) is 5.60 Å². The van der Waals surface area contributed by atoms with Gasteiger partial charge in [0.15, 0.2) is 5.72 Å². The van der Waals surface area contributed by atoms with E-state index in [1.807, 2.05) is 0 Å². The summed E-state index contributed by atoms with van der Waals surface area (Å²) >= 11 is 0. The molecule has 0 aromatic heterocycles. The molecule has 8 heteroatoms. The molecule has 1 aromatic carbocycles. The summed E-state index contributed by atoms with van der Waals surface area (Å²) in [4.78, 5) is 34.8. The molecule has 0 saturated heterocycles. The van der Waals surface area contributed by atoms with Gasteiger partial charge in [0.2, 0.25) is 0 Å². The fourth-order valence-electron chi connectivity index (χ4n) is 2.10. The van der Waals surface area contributed by atoms with E-state index in [0.717, 1.165) is 12.2 Å². The molecule has 1 N–H and O–H groups in total. The van der Waals surface area contributed by atoms with Crippen LogP contribution in [0.25, 0.3) is 0 Å². The molecule has 0 radical (unpaired) electrons. The van der Waals surface area contributed by atoms with Crippen molar-refractivity contribution < 1.29 is 24.4 Å². The predicted molar refractivity (Wildman–Crippen MR) is 79.2 cm³/mol. The number of imide groups is 1. The lowest BCUT2D eigenvalue weighted by atomic mass is 10.0. The van der Waals surface area contributed by atoms with Crippen LogP contribution in [0.1, 0.15) is 26.3 Å². The van der Waals surface area contributed by atoms with E-state index in [1.54, 1.807) is 20.8 Å².